The summed E-state index contributed by atoms with van der Waals surface area (Å²) in [5.41, 5.74) is 0. The Morgan fingerprint density at radius 2 is 0.475 bits per heavy atom. The van der Waals surface area contributed by atoms with Crippen molar-refractivity contribution in [1.29, 1.82) is 0 Å². The summed E-state index contributed by atoms with van der Waals surface area (Å²) in [7, 11) is 0. The third-order valence-electron chi connectivity index (χ3n) is 4.50. The van der Waals surface area contributed by atoms with Crippen LogP contribution in [-0.4, -0.2) is 164 Å². The van der Waals surface area contributed by atoms with Crippen LogP contribution in [0.3, 0.4) is 0 Å². The fraction of sp³-hybridized carbons (Fsp3) is 0.926. The van der Waals surface area contributed by atoms with Crippen LogP contribution < -0.4 is 0 Å². The van der Waals surface area contributed by atoms with E-state index in [1.165, 1.54) is 0 Å². The Morgan fingerprint density at radius 1 is 0.300 bits per heavy atom. The Hall–Kier alpha value is -0.630. The van der Waals surface area contributed by atoms with Crippen LogP contribution in [0.1, 0.15) is 0 Å². The molecule has 0 aliphatic rings. The third kappa shape index (κ3) is 37.4. The number of ether oxygens (including phenoxy) is 12. The van der Waals surface area contributed by atoms with Gasteiger partial charge >= 0.3 is 0 Å². The van der Waals surface area contributed by atoms with Gasteiger partial charge in [-0.05, 0) is 0 Å². The molecule has 0 rings (SSSR count). The normalized spacial score (nSPS) is 11.3. The Kier molecular flexibility index (Phi) is 37.8. The molecule has 0 aromatic rings. The van der Waals surface area contributed by atoms with Gasteiger partial charge in [0, 0.05) is 5.88 Å². The number of hydrogen-bond acceptors (Lipinski definition) is 12. The van der Waals surface area contributed by atoms with Gasteiger partial charge < -0.3 is 56.8 Å². The average Bonchev–Trinajstić information content (AvgIpc) is 2.97. The summed E-state index contributed by atoms with van der Waals surface area (Å²) >= 11 is 5.50. The highest BCUT2D eigenvalue weighted by Gasteiger charge is 1.96. The van der Waals surface area contributed by atoms with Crippen molar-refractivity contribution in [2.75, 3.05) is 164 Å². The summed E-state index contributed by atoms with van der Waals surface area (Å²) in [6.07, 6.45) is 5.07. The summed E-state index contributed by atoms with van der Waals surface area (Å²) in [4.78, 5) is 0. The Bertz CT molecular complexity index is 499. The smallest absolute Gasteiger partial charge is 0.107 e. The van der Waals surface area contributed by atoms with E-state index in [1.54, 1.807) is 0 Å². The predicted molar refractivity (Wildman–Crippen MR) is 149 cm³/mol. The molecule has 0 saturated heterocycles. The molecule has 0 aliphatic carbocycles. The molecule has 0 aromatic heterocycles. The molecule has 13 heteroatoms. The molecule has 0 amide bonds. The SMILES string of the molecule is C#CCOCCOCCOCCOCCOCCOCCOCCOCCOCCOCCOCCOCCCl. The van der Waals surface area contributed by atoms with Crippen molar-refractivity contribution < 1.29 is 56.8 Å². The van der Waals surface area contributed by atoms with Crippen molar-refractivity contribution in [1.82, 2.24) is 0 Å². The molecule has 12 nitrogen and oxygen atoms in total. The third-order valence-corrected chi connectivity index (χ3v) is 4.65. The molecule has 0 spiro atoms. The number of terminal acetylenes is 1. The second-order valence-corrected chi connectivity index (χ2v) is 8.06. The maximum atomic E-state index is 5.50. The van der Waals surface area contributed by atoms with Crippen LogP contribution in [-0.2, 0) is 56.8 Å². The number of alkyl halides is 1. The van der Waals surface area contributed by atoms with Crippen molar-refractivity contribution in [3.8, 4) is 12.3 Å². The zero-order chi connectivity index (χ0) is 28.9. The minimum atomic E-state index is 0.308. The van der Waals surface area contributed by atoms with Gasteiger partial charge in [-0.25, -0.2) is 0 Å². The highest BCUT2D eigenvalue weighted by atomic mass is 35.5. The summed E-state index contributed by atoms with van der Waals surface area (Å²) in [6.45, 7) is 12.2. The largest absolute Gasteiger partial charge is 0.378 e. The quantitative estimate of drug-likeness (QED) is 0.0581. The van der Waals surface area contributed by atoms with E-state index in [0.717, 1.165) is 0 Å². The Labute approximate surface area is 245 Å². The van der Waals surface area contributed by atoms with Gasteiger partial charge in [-0.15, -0.1) is 18.0 Å². The second-order valence-electron chi connectivity index (χ2n) is 7.68. The van der Waals surface area contributed by atoms with Gasteiger partial charge in [0.15, 0.2) is 0 Å². The highest BCUT2D eigenvalue weighted by molar-refractivity contribution is 6.17. The maximum absolute atomic E-state index is 5.50. The van der Waals surface area contributed by atoms with Crippen molar-refractivity contribution in [2.24, 2.45) is 0 Å². The van der Waals surface area contributed by atoms with Crippen LogP contribution in [0.25, 0.3) is 0 Å². The fourth-order valence-corrected chi connectivity index (χ4v) is 2.71. The van der Waals surface area contributed by atoms with Crippen LogP contribution in [0.15, 0.2) is 0 Å². The van der Waals surface area contributed by atoms with Crippen LogP contribution in [0.4, 0.5) is 0 Å². The molecule has 238 valence electrons. The minimum absolute atomic E-state index is 0.308. The molecular weight excluding hydrogens is 552 g/mol. The zero-order valence-electron chi connectivity index (χ0n) is 24.0. The van der Waals surface area contributed by atoms with E-state index in [9.17, 15) is 0 Å². The first-order chi connectivity index (χ1) is 19.9. The first kappa shape index (κ1) is 39.4. The van der Waals surface area contributed by atoms with Gasteiger partial charge in [0.1, 0.15) is 6.61 Å². The molecule has 0 N–H and O–H groups in total. The monoisotopic (exact) mass is 602 g/mol. The average molecular weight is 603 g/mol. The molecule has 40 heavy (non-hydrogen) atoms. The predicted octanol–water partition coefficient (Wildman–Crippen LogP) is 1.06. The lowest BCUT2D eigenvalue weighted by Gasteiger charge is -2.09. The first-order valence-corrected chi connectivity index (χ1v) is 14.4. The topological polar surface area (TPSA) is 111 Å². The van der Waals surface area contributed by atoms with Gasteiger partial charge in [0.05, 0.1) is 152 Å². The summed E-state index contributed by atoms with van der Waals surface area (Å²) in [5.74, 6) is 2.89. The van der Waals surface area contributed by atoms with E-state index in [0.29, 0.717) is 164 Å². The van der Waals surface area contributed by atoms with Gasteiger partial charge in [0.2, 0.25) is 0 Å². The Morgan fingerprint density at radius 3 is 0.650 bits per heavy atom. The highest BCUT2D eigenvalue weighted by Crippen LogP contribution is 1.87. The molecule has 0 bridgehead atoms. The van der Waals surface area contributed by atoms with Crippen LogP contribution in [0.2, 0.25) is 0 Å². The standard InChI is InChI=1S/C27H51ClO12/c1-2-4-29-6-8-31-10-12-33-14-16-35-18-20-37-22-24-39-26-27-40-25-23-38-21-19-36-17-15-34-13-11-32-9-7-30-5-3-28/h1H,3-27H2. The van der Waals surface area contributed by atoms with Gasteiger partial charge in [-0.1, -0.05) is 5.92 Å². The van der Waals surface area contributed by atoms with E-state index in [1.807, 2.05) is 0 Å². The van der Waals surface area contributed by atoms with E-state index in [-0.39, 0.29) is 0 Å². The van der Waals surface area contributed by atoms with Crippen molar-refractivity contribution in [3.63, 3.8) is 0 Å². The molecule has 0 saturated carbocycles. The van der Waals surface area contributed by atoms with E-state index < -0.39 is 0 Å². The van der Waals surface area contributed by atoms with E-state index >= 15 is 0 Å². The van der Waals surface area contributed by atoms with Crippen molar-refractivity contribution in [3.05, 3.63) is 0 Å². The van der Waals surface area contributed by atoms with Gasteiger partial charge in [-0.3, -0.25) is 0 Å². The lowest BCUT2D eigenvalue weighted by molar-refractivity contribution is -0.0280. The molecule has 0 fully saturated rings. The van der Waals surface area contributed by atoms with Gasteiger partial charge in [0.25, 0.3) is 0 Å². The second kappa shape index (κ2) is 38.4. The zero-order valence-corrected chi connectivity index (χ0v) is 24.8. The molecule has 0 unspecified atom stereocenters. The lowest BCUT2D eigenvalue weighted by Crippen LogP contribution is -2.15. The minimum Gasteiger partial charge on any atom is -0.378 e. The molecule has 0 aromatic carbocycles. The molecule has 0 heterocycles. The first-order valence-electron chi connectivity index (χ1n) is 13.8. The molecule has 0 radical (unpaired) electrons. The van der Waals surface area contributed by atoms with E-state index in [4.69, 9.17) is 74.9 Å². The van der Waals surface area contributed by atoms with Crippen LogP contribution >= 0.6 is 11.6 Å². The van der Waals surface area contributed by atoms with Crippen LogP contribution in [0, 0.1) is 12.3 Å². The summed E-state index contributed by atoms with van der Waals surface area (Å²) < 4.78 is 64.5. The molecule has 0 aliphatic heterocycles. The number of rotatable bonds is 36. The fourth-order valence-electron chi connectivity index (χ4n) is 2.60. The van der Waals surface area contributed by atoms with Gasteiger partial charge in [-0.2, -0.15) is 0 Å². The Balaban J connectivity index is 3.02. The number of halogens is 1. The summed E-state index contributed by atoms with van der Waals surface area (Å²) in [6, 6.07) is 0. The molecule has 0 atom stereocenters. The summed E-state index contributed by atoms with van der Waals surface area (Å²) in [5, 5.41) is 0. The van der Waals surface area contributed by atoms with Crippen molar-refractivity contribution in [2.45, 2.75) is 0 Å². The van der Waals surface area contributed by atoms with E-state index in [2.05, 4.69) is 5.92 Å². The molecular formula is C27H51ClO12. The number of hydrogen-bond donors (Lipinski definition) is 0. The van der Waals surface area contributed by atoms with Crippen LogP contribution in [0.5, 0.6) is 0 Å². The lowest BCUT2D eigenvalue weighted by atomic mass is 10.6. The van der Waals surface area contributed by atoms with Crippen molar-refractivity contribution >= 4 is 11.6 Å². The maximum Gasteiger partial charge on any atom is 0.107 e.